The summed E-state index contributed by atoms with van der Waals surface area (Å²) in [7, 11) is 0. The summed E-state index contributed by atoms with van der Waals surface area (Å²) in [5, 5.41) is 0. The van der Waals surface area contributed by atoms with Crippen molar-refractivity contribution >= 4 is 0 Å². The van der Waals surface area contributed by atoms with Crippen molar-refractivity contribution in [3.8, 4) is 0 Å². The van der Waals surface area contributed by atoms with E-state index in [1.54, 1.807) is 0 Å². The Kier molecular flexibility index (Phi) is 25.5. The predicted octanol–water partition coefficient (Wildman–Crippen LogP) is 10.8. The lowest BCUT2D eigenvalue weighted by Gasteiger charge is -2.16. The van der Waals surface area contributed by atoms with Gasteiger partial charge in [0.05, 0.1) is 0 Å². The Balaban J connectivity index is 3.44. The zero-order valence-corrected chi connectivity index (χ0v) is 20.4. The smallest absolute Gasteiger partial charge is 0.0351 e. The summed E-state index contributed by atoms with van der Waals surface area (Å²) in [6.07, 6.45) is 36.6. The Labute approximate surface area is 186 Å². The zero-order valence-electron chi connectivity index (χ0n) is 20.4. The fourth-order valence-corrected chi connectivity index (χ4v) is 4.41. The molecule has 0 fully saturated rings. The van der Waals surface area contributed by atoms with Crippen LogP contribution >= 0.6 is 0 Å². The molecule has 0 rings (SSSR count). The van der Waals surface area contributed by atoms with Crippen molar-refractivity contribution in [2.75, 3.05) is 0 Å². The van der Waals surface area contributed by atoms with Crippen LogP contribution in [-0.2, 0) is 0 Å². The molecule has 0 aliphatic heterocycles. The summed E-state index contributed by atoms with van der Waals surface area (Å²) < 4.78 is 0. The van der Waals surface area contributed by atoms with Crippen LogP contribution in [0.5, 0.6) is 0 Å². The van der Waals surface area contributed by atoms with Gasteiger partial charge in [-0.2, -0.15) is 0 Å². The molecule has 0 saturated heterocycles. The summed E-state index contributed by atoms with van der Waals surface area (Å²) in [6.45, 7) is 10.2. The van der Waals surface area contributed by atoms with E-state index in [9.17, 15) is 0 Å². The number of unbranched alkanes of at least 4 members (excludes halogenated alkanes) is 16. The fraction of sp³-hybridized carbons (Fsp3) is 0.862. The lowest BCUT2D eigenvalue weighted by Crippen LogP contribution is -2.00. The van der Waals surface area contributed by atoms with Crippen LogP contribution in [0.25, 0.3) is 0 Å². The van der Waals surface area contributed by atoms with Gasteiger partial charge in [-0.05, 0) is 31.6 Å². The van der Waals surface area contributed by atoms with Gasteiger partial charge in [-0.1, -0.05) is 155 Å². The maximum Gasteiger partial charge on any atom is -0.0351 e. The first kappa shape index (κ1) is 28.7. The molecule has 1 unspecified atom stereocenters. The monoisotopic (exact) mass is 404 g/mol. The van der Waals surface area contributed by atoms with Gasteiger partial charge >= 0.3 is 0 Å². The van der Waals surface area contributed by atoms with E-state index in [4.69, 9.17) is 0 Å². The molecule has 0 aliphatic carbocycles. The van der Waals surface area contributed by atoms with E-state index in [0.717, 1.165) is 18.8 Å². The van der Waals surface area contributed by atoms with Crippen LogP contribution < -0.4 is 0 Å². The van der Waals surface area contributed by atoms with Crippen LogP contribution in [0.4, 0.5) is 0 Å². The van der Waals surface area contributed by atoms with Gasteiger partial charge in [0.1, 0.15) is 0 Å². The van der Waals surface area contributed by atoms with Crippen LogP contribution in [0, 0.1) is 19.8 Å². The molecular weight excluding hydrogens is 348 g/mol. The minimum Gasteiger partial charge on any atom is -0.0885 e. The Morgan fingerprint density at radius 1 is 0.483 bits per heavy atom. The number of hydrogen-bond donors (Lipinski definition) is 0. The molecule has 0 saturated carbocycles. The first-order chi connectivity index (χ1) is 14.3. The van der Waals surface area contributed by atoms with Gasteiger partial charge in [-0.3, -0.25) is 0 Å². The fourth-order valence-electron chi connectivity index (χ4n) is 4.41. The highest BCUT2D eigenvalue weighted by Crippen LogP contribution is 2.23. The van der Waals surface area contributed by atoms with Gasteiger partial charge in [-0.25, -0.2) is 0 Å². The molecular formula is C29H56. The van der Waals surface area contributed by atoms with E-state index in [1.807, 2.05) is 0 Å². The van der Waals surface area contributed by atoms with E-state index in [-0.39, 0.29) is 0 Å². The number of rotatable bonds is 24. The van der Waals surface area contributed by atoms with E-state index in [1.165, 1.54) is 135 Å². The zero-order chi connectivity index (χ0) is 21.3. The van der Waals surface area contributed by atoms with Crippen molar-refractivity contribution in [2.45, 2.75) is 155 Å². The lowest BCUT2D eigenvalue weighted by atomic mass is 9.90. The molecule has 0 bridgehead atoms. The summed E-state index contributed by atoms with van der Waals surface area (Å²) >= 11 is 0. The Hall–Kier alpha value is -0.260. The summed E-state index contributed by atoms with van der Waals surface area (Å²) in [6, 6.07) is 0. The maximum atomic E-state index is 3.92. The van der Waals surface area contributed by atoms with E-state index in [2.05, 4.69) is 32.9 Å². The second kappa shape index (κ2) is 25.8. The van der Waals surface area contributed by atoms with Gasteiger partial charge in [-0.15, -0.1) is 0 Å². The molecule has 0 N–H and O–H groups in total. The number of hydrogen-bond acceptors (Lipinski definition) is 0. The average Bonchev–Trinajstić information content (AvgIpc) is 2.73. The molecule has 0 amide bonds. The Bertz CT molecular complexity index is 303. The molecule has 172 valence electrons. The summed E-state index contributed by atoms with van der Waals surface area (Å²) in [5.74, 6) is 1.01. The highest BCUT2D eigenvalue weighted by molar-refractivity contribution is 4.81. The Morgan fingerprint density at radius 3 is 1.38 bits per heavy atom. The first-order valence-electron chi connectivity index (χ1n) is 13.6. The van der Waals surface area contributed by atoms with Crippen LogP contribution in [-0.4, -0.2) is 0 Å². The van der Waals surface area contributed by atoms with Gasteiger partial charge in [0, 0.05) is 0 Å². The van der Waals surface area contributed by atoms with Crippen molar-refractivity contribution in [3.05, 3.63) is 26.0 Å². The minimum atomic E-state index is 1.01. The van der Waals surface area contributed by atoms with E-state index < -0.39 is 0 Å². The minimum absolute atomic E-state index is 1.01. The van der Waals surface area contributed by atoms with Crippen LogP contribution in [0.1, 0.15) is 155 Å². The van der Waals surface area contributed by atoms with Crippen molar-refractivity contribution in [2.24, 2.45) is 5.92 Å². The molecule has 0 heterocycles. The second-order valence-corrected chi connectivity index (χ2v) is 9.29. The first-order valence-corrected chi connectivity index (χ1v) is 13.6. The molecule has 0 aromatic carbocycles. The van der Waals surface area contributed by atoms with Crippen molar-refractivity contribution in [1.82, 2.24) is 0 Å². The summed E-state index contributed by atoms with van der Waals surface area (Å²) in [4.78, 5) is 0. The average molecular weight is 405 g/mol. The van der Waals surface area contributed by atoms with Gasteiger partial charge in [0.2, 0.25) is 0 Å². The standard InChI is InChI=1S/C29H56/c1-4-7-9-11-13-15-16-17-19-21-23-25-28-29(26-6-3)27-24-22-20-18-14-12-10-8-5-2/h12,14,29H,1-2,4-11,13,15-28H2,3H3. The third-order valence-corrected chi connectivity index (χ3v) is 6.33. The number of allylic oxidation sites excluding steroid dienone is 2. The molecule has 1 atom stereocenters. The van der Waals surface area contributed by atoms with Crippen molar-refractivity contribution < 1.29 is 0 Å². The molecule has 0 aliphatic rings. The molecule has 0 heteroatoms. The van der Waals surface area contributed by atoms with Crippen LogP contribution in [0.3, 0.4) is 0 Å². The molecule has 0 aromatic rings. The Morgan fingerprint density at radius 2 is 0.897 bits per heavy atom. The van der Waals surface area contributed by atoms with Crippen LogP contribution in [0.2, 0.25) is 0 Å². The second-order valence-electron chi connectivity index (χ2n) is 9.29. The quantitative estimate of drug-likeness (QED) is 0.111. The van der Waals surface area contributed by atoms with Gasteiger partial charge < -0.3 is 0 Å². The molecule has 0 nitrogen and oxygen atoms in total. The predicted molar refractivity (Wildman–Crippen MR) is 135 cm³/mol. The van der Waals surface area contributed by atoms with E-state index >= 15 is 0 Å². The lowest BCUT2D eigenvalue weighted by molar-refractivity contribution is 0.378. The highest BCUT2D eigenvalue weighted by atomic mass is 14.1. The van der Waals surface area contributed by atoms with Crippen LogP contribution in [0.15, 0.2) is 12.2 Å². The maximum absolute atomic E-state index is 3.92. The van der Waals surface area contributed by atoms with Crippen molar-refractivity contribution in [1.29, 1.82) is 0 Å². The van der Waals surface area contributed by atoms with Gasteiger partial charge in [0.15, 0.2) is 0 Å². The topological polar surface area (TPSA) is 0 Å². The van der Waals surface area contributed by atoms with Crippen molar-refractivity contribution in [3.63, 3.8) is 0 Å². The normalized spacial score (nSPS) is 12.8. The largest absolute Gasteiger partial charge is 0.0885 e. The highest BCUT2D eigenvalue weighted by Gasteiger charge is 2.07. The third kappa shape index (κ3) is 23.9. The molecule has 0 aromatic heterocycles. The summed E-state index contributed by atoms with van der Waals surface area (Å²) in [5.41, 5.74) is 0. The third-order valence-electron chi connectivity index (χ3n) is 6.33. The molecule has 2 radical (unpaired) electrons. The van der Waals surface area contributed by atoms with E-state index in [0.29, 0.717) is 0 Å². The molecule has 0 spiro atoms. The molecule has 29 heavy (non-hydrogen) atoms. The SMILES string of the molecule is [CH2]CCCC=CCCCCCC(CCC)CCCCCCCCCCCCC[CH2]. The van der Waals surface area contributed by atoms with Gasteiger partial charge in [0.25, 0.3) is 0 Å².